The predicted molar refractivity (Wildman–Crippen MR) is 133 cm³/mol. The Kier molecular flexibility index (Phi) is 12.2. The summed E-state index contributed by atoms with van der Waals surface area (Å²) >= 11 is 0. The zero-order chi connectivity index (χ0) is 21.3. The Morgan fingerprint density at radius 3 is 2.53 bits per heavy atom. The molecule has 2 N–H and O–H groups in total. The monoisotopic (exact) mass is 554 g/mol. The minimum absolute atomic E-state index is 0. The molecular weight excluding hydrogens is 518 g/mol. The van der Waals surface area contributed by atoms with Gasteiger partial charge in [-0.1, -0.05) is 13.0 Å². The molecule has 0 bridgehead atoms. The third kappa shape index (κ3) is 10.4. The largest absolute Gasteiger partial charge is 0.356 e. The molecule has 1 aliphatic rings. The molecule has 6 nitrogen and oxygen atoms in total. The van der Waals surface area contributed by atoms with Gasteiger partial charge < -0.3 is 15.5 Å². The Morgan fingerprint density at radius 1 is 1.20 bits per heavy atom. The highest BCUT2D eigenvalue weighted by atomic mass is 127. The third-order valence-electron chi connectivity index (χ3n) is 5.33. The molecule has 1 aromatic rings. The lowest BCUT2D eigenvalue weighted by Gasteiger charge is -2.30. The van der Waals surface area contributed by atoms with E-state index in [0.29, 0.717) is 23.6 Å². The number of nitrogens with zero attached hydrogens (tertiary/aromatic N) is 2. The molecular formula is C21H36FIN4O2S. The number of hydrogen-bond acceptors (Lipinski definition) is 4. The molecule has 9 heteroatoms. The van der Waals surface area contributed by atoms with Gasteiger partial charge in [-0.15, -0.1) is 24.0 Å². The van der Waals surface area contributed by atoms with E-state index in [4.69, 9.17) is 0 Å². The van der Waals surface area contributed by atoms with Crippen LogP contribution >= 0.6 is 24.0 Å². The van der Waals surface area contributed by atoms with Crippen LogP contribution in [0.25, 0.3) is 0 Å². The minimum atomic E-state index is -3.19. The van der Waals surface area contributed by atoms with Crippen molar-refractivity contribution in [2.45, 2.75) is 44.9 Å². The molecule has 0 unspecified atom stereocenters. The highest BCUT2D eigenvalue weighted by Crippen LogP contribution is 2.16. The summed E-state index contributed by atoms with van der Waals surface area (Å²) in [6.45, 7) is 7.01. The standard InChI is InChI=1S/C21H35FN4O2S.HI/c1-17-8-12-26(13-9-17)11-5-4-10-24-21(23-2)25-15-19-14-20(22)7-6-18(19)16-29(3,27)28;/h6-7,14,17H,4-5,8-13,15-16H2,1-3H3,(H2,23,24,25);1H. The number of nitrogens with one attached hydrogen (secondary N) is 2. The number of guanidine groups is 1. The maximum absolute atomic E-state index is 13.6. The highest BCUT2D eigenvalue weighted by Gasteiger charge is 2.15. The first kappa shape index (κ1) is 27.1. The van der Waals surface area contributed by atoms with Crippen LogP contribution in [0.5, 0.6) is 0 Å². The summed E-state index contributed by atoms with van der Waals surface area (Å²) in [6, 6.07) is 4.20. The molecule has 30 heavy (non-hydrogen) atoms. The summed E-state index contributed by atoms with van der Waals surface area (Å²) in [5, 5.41) is 6.43. The van der Waals surface area contributed by atoms with Gasteiger partial charge in [0.25, 0.3) is 0 Å². The van der Waals surface area contributed by atoms with Crippen molar-refractivity contribution in [2.75, 3.05) is 39.5 Å². The van der Waals surface area contributed by atoms with E-state index in [0.717, 1.165) is 31.8 Å². The van der Waals surface area contributed by atoms with Crippen LogP contribution in [0.15, 0.2) is 23.2 Å². The average molecular weight is 555 g/mol. The normalized spacial score (nSPS) is 16.2. The SMILES string of the molecule is CN=C(NCCCCN1CCC(C)CC1)NCc1cc(F)ccc1CS(C)(=O)=O.I. The van der Waals surface area contributed by atoms with Crippen molar-refractivity contribution in [3.63, 3.8) is 0 Å². The molecule has 2 rings (SSSR count). The fraction of sp³-hybridized carbons (Fsp3) is 0.667. The van der Waals surface area contributed by atoms with Gasteiger partial charge in [-0.2, -0.15) is 0 Å². The Balaban J connectivity index is 0.00000450. The first-order valence-corrected chi connectivity index (χ1v) is 12.4. The first-order chi connectivity index (χ1) is 13.8. The lowest BCUT2D eigenvalue weighted by atomic mass is 9.99. The molecule has 0 atom stereocenters. The number of piperidine rings is 1. The molecule has 0 amide bonds. The van der Waals surface area contributed by atoms with Crippen molar-refractivity contribution in [1.29, 1.82) is 0 Å². The van der Waals surface area contributed by atoms with Crippen molar-refractivity contribution in [2.24, 2.45) is 10.9 Å². The topological polar surface area (TPSA) is 73.8 Å². The van der Waals surface area contributed by atoms with Crippen molar-refractivity contribution >= 4 is 39.8 Å². The van der Waals surface area contributed by atoms with Gasteiger partial charge in [0.15, 0.2) is 15.8 Å². The molecule has 1 fully saturated rings. The fourth-order valence-corrected chi connectivity index (χ4v) is 4.38. The molecule has 1 heterocycles. The van der Waals surface area contributed by atoms with Gasteiger partial charge in [-0.05, 0) is 74.5 Å². The quantitative estimate of drug-likeness (QED) is 0.213. The Morgan fingerprint density at radius 2 is 1.90 bits per heavy atom. The maximum atomic E-state index is 13.6. The lowest BCUT2D eigenvalue weighted by Crippen LogP contribution is -2.38. The molecule has 172 valence electrons. The summed E-state index contributed by atoms with van der Waals surface area (Å²) < 4.78 is 36.8. The van der Waals surface area contributed by atoms with Crippen LogP contribution in [0.3, 0.4) is 0 Å². The van der Waals surface area contributed by atoms with Gasteiger partial charge in [0.2, 0.25) is 0 Å². The smallest absolute Gasteiger partial charge is 0.191 e. The Hall–Kier alpha value is -0.940. The van der Waals surface area contributed by atoms with E-state index in [9.17, 15) is 12.8 Å². The first-order valence-electron chi connectivity index (χ1n) is 10.4. The second-order valence-electron chi connectivity index (χ2n) is 8.07. The van der Waals surface area contributed by atoms with Crippen LogP contribution in [-0.2, 0) is 22.1 Å². The van der Waals surface area contributed by atoms with E-state index in [1.54, 1.807) is 7.05 Å². The Bertz CT molecular complexity index is 781. The lowest BCUT2D eigenvalue weighted by molar-refractivity contribution is 0.189. The van der Waals surface area contributed by atoms with E-state index >= 15 is 0 Å². The summed E-state index contributed by atoms with van der Waals surface area (Å²) in [5.74, 6) is 1.00. The third-order valence-corrected chi connectivity index (χ3v) is 6.16. The molecule has 0 spiro atoms. The van der Waals surface area contributed by atoms with Crippen molar-refractivity contribution in [1.82, 2.24) is 15.5 Å². The van der Waals surface area contributed by atoms with E-state index in [1.165, 1.54) is 50.4 Å². The van der Waals surface area contributed by atoms with E-state index < -0.39 is 9.84 Å². The zero-order valence-corrected chi connectivity index (χ0v) is 21.4. The molecule has 1 saturated heterocycles. The molecule has 0 radical (unpaired) electrons. The number of halogens is 2. The van der Waals surface area contributed by atoms with Crippen LogP contribution in [0, 0.1) is 11.7 Å². The maximum Gasteiger partial charge on any atom is 0.191 e. The van der Waals surface area contributed by atoms with Gasteiger partial charge in [-0.3, -0.25) is 4.99 Å². The van der Waals surface area contributed by atoms with Gasteiger partial charge in [0.05, 0.1) is 5.75 Å². The van der Waals surface area contributed by atoms with Crippen molar-refractivity contribution in [3.8, 4) is 0 Å². The predicted octanol–water partition coefficient (Wildman–Crippen LogP) is 3.17. The highest BCUT2D eigenvalue weighted by molar-refractivity contribution is 14.0. The van der Waals surface area contributed by atoms with Gasteiger partial charge >= 0.3 is 0 Å². The zero-order valence-electron chi connectivity index (χ0n) is 18.3. The van der Waals surface area contributed by atoms with Gasteiger partial charge in [0.1, 0.15) is 5.82 Å². The second kappa shape index (κ2) is 13.5. The second-order valence-corrected chi connectivity index (χ2v) is 10.2. The van der Waals surface area contributed by atoms with Crippen molar-refractivity contribution < 1.29 is 12.8 Å². The molecule has 1 aliphatic heterocycles. The number of hydrogen-bond donors (Lipinski definition) is 2. The number of sulfone groups is 1. The van der Waals surface area contributed by atoms with Crippen LogP contribution in [0.4, 0.5) is 4.39 Å². The fourth-order valence-electron chi connectivity index (χ4n) is 3.53. The van der Waals surface area contributed by atoms with E-state index in [-0.39, 0.29) is 35.5 Å². The summed E-state index contributed by atoms with van der Waals surface area (Å²) in [4.78, 5) is 6.74. The van der Waals surface area contributed by atoms with Crippen LogP contribution in [0.1, 0.15) is 43.7 Å². The summed E-state index contributed by atoms with van der Waals surface area (Å²) in [6.07, 6.45) is 5.97. The van der Waals surface area contributed by atoms with Crippen molar-refractivity contribution in [3.05, 3.63) is 35.1 Å². The number of benzene rings is 1. The number of aliphatic imine (C=N–C) groups is 1. The van der Waals surface area contributed by atoms with Crippen LogP contribution < -0.4 is 10.6 Å². The number of likely N-dealkylation sites (tertiary alicyclic amines) is 1. The van der Waals surface area contributed by atoms with Crippen LogP contribution in [0.2, 0.25) is 0 Å². The summed E-state index contributed by atoms with van der Waals surface area (Å²) in [5.41, 5.74) is 1.23. The number of rotatable bonds is 9. The number of unbranched alkanes of at least 4 members (excludes halogenated alkanes) is 1. The van der Waals surface area contributed by atoms with Gasteiger partial charge in [0, 0.05) is 26.4 Å². The molecule has 0 aromatic heterocycles. The average Bonchev–Trinajstić information content (AvgIpc) is 2.66. The molecule has 1 aromatic carbocycles. The van der Waals surface area contributed by atoms with E-state index in [1.807, 2.05) is 0 Å². The Labute approximate surface area is 198 Å². The summed E-state index contributed by atoms with van der Waals surface area (Å²) in [7, 11) is -1.50. The van der Waals surface area contributed by atoms with Crippen LogP contribution in [-0.4, -0.2) is 58.8 Å². The van der Waals surface area contributed by atoms with E-state index in [2.05, 4.69) is 27.4 Å². The van der Waals surface area contributed by atoms with Gasteiger partial charge in [-0.25, -0.2) is 12.8 Å². The molecule has 0 saturated carbocycles. The molecule has 0 aliphatic carbocycles. The minimum Gasteiger partial charge on any atom is -0.356 e.